The maximum Gasteiger partial charge on any atom is 0.351 e. The summed E-state index contributed by atoms with van der Waals surface area (Å²) in [4.78, 5) is 22.7. The van der Waals surface area contributed by atoms with Crippen molar-refractivity contribution in [3.05, 3.63) is 69.1 Å². The van der Waals surface area contributed by atoms with Gasteiger partial charge in [-0.2, -0.15) is 9.97 Å². The molecule has 3 aromatic rings. The highest BCUT2D eigenvalue weighted by Gasteiger charge is 2.05. The first kappa shape index (κ1) is 16.7. The van der Waals surface area contributed by atoms with Crippen molar-refractivity contribution in [2.24, 2.45) is 0 Å². The van der Waals surface area contributed by atoms with Gasteiger partial charge in [0, 0.05) is 11.4 Å². The molecule has 0 aliphatic heterocycles. The van der Waals surface area contributed by atoms with Crippen molar-refractivity contribution in [1.29, 1.82) is 0 Å². The van der Waals surface area contributed by atoms with Crippen LogP contribution >= 0.6 is 0 Å². The number of H-pyrrole nitrogens is 1. The normalized spacial score (nSPS) is 10.6. The van der Waals surface area contributed by atoms with Crippen LogP contribution in [-0.2, 0) is 0 Å². The highest BCUT2D eigenvalue weighted by atomic mass is 16.1. The van der Waals surface area contributed by atoms with Crippen LogP contribution in [0.1, 0.15) is 22.3 Å². The molecule has 25 heavy (non-hydrogen) atoms. The predicted molar refractivity (Wildman–Crippen MR) is 101 cm³/mol. The highest BCUT2D eigenvalue weighted by Crippen LogP contribution is 2.19. The molecule has 0 aliphatic rings. The van der Waals surface area contributed by atoms with E-state index in [2.05, 4.69) is 37.7 Å². The lowest BCUT2D eigenvalue weighted by atomic mass is 10.1. The molecule has 1 heterocycles. The van der Waals surface area contributed by atoms with E-state index < -0.39 is 5.69 Å². The highest BCUT2D eigenvalue weighted by molar-refractivity contribution is 5.59. The van der Waals surface area contributed by atoms with E-state index in [0.29, 0.717) is 5.95 Å². The van der Waals surface area contributed by atoms with E-state index in [1.807, 2.05) is 52.0 Å². The van der Waals surface area contributed by atoms with Gasteiger partial charge in [-0.3, -0.25) is 4.98 Å². The molecule has 0 fully saturated rings. The molecular weight excluding hydrogens is 314 g/mol. The van der Waals surface area contributed by atoms with Crippen molar-refractivity contribution in [2.75, 3.05) is 10.6 Å². The first-order valence-electron chi connectivity index (χ1n) is 8.06. The Labute approximate surface area is 146 Å². The summed E-state index contributed by atoms with van der Waals surface area (Å²) in [6, 6.07) is 12.1. The third kappa shape index (κ3) is 4.44. The summed E-state index contributed by atoms with van der Waals surface area (Å²) in [5.41, 5.74) is 5.76. The summed E-state index contributed by atoms with van der Waals surface area (Å²) in [6.07, 6.45) is 0. The Morgan fingerprint density at radius 2 is 1.20 bits per heavy atom. The summed E-state index contributed by atoms with van der Waals surface area (Å²) < 4.78 is 0. The molecule has 0 saturated carbocycles. The molecule has 0 amide bonds. The smallest absolute Gasteiger partial charge is 0.326 e. The summed E-state index contributed by atoms with van der Waals surface area (Å²) >= 11 is 0. The SMILES string of the molecule is Cc1cc(C)cc(Nc2nc(Nc3cc(C)cc(C)c3)[nH]c(=O)n2)c1. The summed E-state index contributed by atoms with van der Waals surface area (Å²) in [7, 11) is 0. The van der Waals surface area contributed by atoms with Crippen LogP contribution in [0.5, 0.6) is 0 Å². The molecular formula is C19H21N5O. The fourth-order valence-corrected chi connectivity index (χ4v) is 2.86. The molecule has 0 radical (unpaired) electrons. The molecule has 0 saturated heterocycles. The van der Waals surface area contributed by atoms with Gasteiger partial charge in [0.25, 0.3) is 0 Å². The molecule has 6 nitrogen and oxygen atoms in total. The number of aryl methyl sites for hydroxylation is 4. The third-order valence-corrected chi connectivity index (χ3v) is 3.61. The Kier molecular flexibility index (Phi) is 4.52. The zero-order valence-corrected chi connectivity index (χ0v) is 14.8. The van der Waals surface area contributed by atoms with Gasteiger partial charge in [-0.1, -0.05) is 12.1 Å². The quantitative estimate of drug-likeness (QED) is 0.674. The second-order valence-corrected chi connectivity index (χ2v) is 6.33. The maximum absolute atomic E-state index is 11.9. The minimum absolute atomic E-state index is 0.251. The Bertz CT molecular complexity index is 863. The molecule has 3 rings (SSSR count). The second-order valence-electron chi connectivity index (χ2n) is 6.33. The Morgan fingerprint density at radius 1 is 0.720 bits per heavy atom. The first-order chi connectivity index (χ1) is 11.9. The molecule has 6 heteroatoms. The third-order valence-electron chi connectivity index (χ3n) is 3.61. The molecule has 128 valence electrons. The van der Waals surface area contributed by atoms with E-state index in [1.54, 1.807) is 0 Å². The van der Waals surface area contributed by atoms with E-state index in [0.717, 1.165) is 33.6 Å². The van der Waals surface area contributed by atoms with Crippen molar-refractivity contribution in [1.82, 2.24) is 15.0 Å². The zero-order valence-electron chi connectivity index (χ0n) is 14.8. The van der Waals surface area contributed by atoms with Crippen LogP contribution in [-0.4, -0.2) is 15.0 Å². The number of nitrogens with zero attached hydrogens (tertiary/aromatic N) is 2. The number of aromatic nitrogens is 3. The van der Waals surface area contributed by atoms with Crippen molar-refractivity contribution in [3.63, 3.8) is 0 Å². The van der Waals surface area contributed by atoms with Gasteiger partial charge < -0.3 is 10.6 Å². The molecule has 0 unspecified atom stereocenters. The number of nitrogens with one attached hydrogen (secondary N) is 3. The van der Waals surface area contributed by atoms with Gasteiger partial charge >= 0.3 is 5.69 Å². The lowest BCUT2D eigenvalue weighted by Gasteiger charge is -2.10. The number of rotatable bonds is 4. The fourth-order valence-electron chi connectivity index (χ4n) is 2.86. The second kappa shape index (κ2) is 6.76. The van der Waals surface area contributed by atoms with Crippen molar-refractivity contribution < 1.29 is 0 Å². The predicted octanol–water partition coefficient (Wildman–Crippen LogP) is 3.89. The van der Waals surface area contributed by atoms with Crippen LogP contribution in [0.2, 0.25) is 0 Å². The van der Waals surface area contributed by atoms with Gasteiger partial charge in [-0.05, 0) is 74.2 Å². The Morgan fingerprint density at radius 3 is 1.72 bits per heavy atom. The molecule has 0 spiro atoms. The average molecular weight is 335 g/mol. The van der Waals surface area contributed by atoms with E-state index in [1.165, 1.54) is 0 Å². The monoisotopic (exact) mass is 335 g/mol. The van der Waals surface area contributed by atoms with Crippen molar-refractivity contribution >= 4 is 23.3 Å². The minimum Gasteiger partial charge on any atom is -0.326 e. The molecule has 3 N–H and O–H groups in total. The fraction of sp³-hybridized carbons (Fsp3) is 0.211. The van der Waals surface area contributed by atoms with Gasteiger partial charge in [0.15, 0.2) is 0 Å². The van der Waals surface area contributed by atoms with Gasteiger partial charge in [0.05, 0.1) is 0 Å². The van der Waals surface area contributed by atoms with Crippen molar-refractivity contribution in [2.45, 2.75) is 27.7 Å². The van der Waals surface area contributed by atoms with E-state index >= 15 is 0 Å². The average Bonchev–Trinajstić information content (AvgIpc) is 2.43. The topological polar surface area (TPSA) is 82.7 Å². The Balaban J connectivity index is 1.88. The summed E-state index contributed by atoms with van der Waals surface area (Å²) in [5, 5.41) is 6.22. The lowest BCUT2D eigenvalue weighted by Crippen LogP contribution is -2.16. The number of benzene rings is 2. The largest absolute Gasteiger partial charge is 0.351 e. The van der Waals surface area contributed by atoms with Crippen molar-refractivity contribution in [3.8, 4) is 0 Å². The van der Waals surface area contributed by atoms with Crippen LogP contribution in [0.25, 0.3) is 0 Å². The standard InChI is InChI=1S/C19H21N5O/c1-11-5-12(2)8-15(7-11)20-17-22-18(24-19(25)23-17)21-16-9-13(3)6-14(4)10-16/h5-10H,1-4H3,(H3,20,21,22,23,24,25). The molecule has 2 aromatic carbocycles. The first-order valence-corrected chi connectivity index (χ1v) is 8.06. The van der Waals surface area contributed by atoms with Crippen LogP contribution in [0.4, 0.5) is 23.3 Å². The molecule has 0 atom stereocenters. The Hall–Kier alpha value is -3.15. The van der Waals surface area contributed by atoms with Crippen LogP contribution in [0.15, 0.2) is 41.2 Å². The number of aromatic amines is 1. The zero-order chi connectivity index (χ0) is 18.0. The van der Waals surface area contributed by atoms with Gasteiger partial charge in [0.1, 0.15) is 0 Å². The minimum atomic E-state index is -0.464. The molecule has 0 bridgehead atoms. The molecule has 1 aromatic heterocycles. The van der Waals surface area contributed by atoms with Gasteiger partial charge in [0.2, 0.25) is 11.9 Å². The number of anilines is 4. The van der Waals surface area contributed by atoms with Crippen LogP contribution in [0.3, 0.4) is 0 Å². The lowest BCUT2D eigenvalue weighted by molar-refractivity contribution is 1.00. The van der Waals surface area contributed by atoms with Gasteiger partial charge in [-0.15, -0.1) is 0 Å². The maximum atomic E-state index is 11.9. The van der Waals surface area contributed by atoms with E-state index in [-0.39, 0.29) is 5.95 Å². The van der Waals surface area contributed by atoms with Crippen LogP contribution in [0, 0.1) is 27.7 Å². The summed E-state index contributed by atoms with van der Waals surface area (Å²) in [6.45, 7) is 8.08. The van der Waals surface area contributed by atoms with Crippen LogP contribution < -0.4 is 16.3 Å². The van der Waals surface area contributed by atoms with Gasteiger partial charge in [-0.25, -0.2) is 4.79 Å². The number of hydrogen-bond donors (Lipinski definition) is 3. The van der Waals surface area contributed by atoms with E-state index in [4.69, 9.17) is 0 Å². The van der Waals surface area contributed by atoms with E-state index in [9.17, 15) is 4.79 Å². The number of hydrogen-bond acceptors (Lipinski definition) is 5. The summed E-state index contributed by atoms with van der Waals surface area (Å²) in [5.74, 6) is 0.595. The molecule has 0 aliphatic carbocycles.